The van der Waals surface area contributed by atoms with Gasteiger partial charge in [0.25, 0.3) is 0 Å². The van der Waals surface area contributed by atoms with Crippen LogP contribution in [0.3, 0.4) is 0 Å². The Hall–Kier alpha value is -2.41. The summed E-state index contributed by atoms with van der Waals surface area (Å²) in [6, 6.07) is 1.56. The van der Waals surface area contributed by atoms with Gasteiger partial charge in [-0.3, -0.25) is 0 Å². The van der Waals surface area contributed by atoms with Crippen LogP contribution in [0, 0.1) is 0 Å². The van der Waals surface area contributed by atoms with Gasteiger partial charge in [-0.2, -0.15) is 0 Å². The van der Waals surface area contributed by atoms with E-state index in [1.165, 1.54) is 26.4 Å². The van der Waals surface area contributed by atoms with E-state index in [1.54, 1.807) is 0 Å². The van der Waals surface area contributed by atoms with E-state index in [2.05, 4.69) is 10.6 Å². The maximum atomic E-state index is 12.4. The Kier molecular flexibility index (Phi) is 6.14. The smallest absolute Gasteiger partial charge is 0.337 e. The number of unbranched alkanes of at least 4 members (excludes halogenated alkanes) is 1. The zero-order valence-electron chi connectivity index (χ0n) is 14.3. The van der Waals surface area contributed by atoms with Crippen molar-refractivity contribution in [3.05, 3.63) is 34.0 Å². The van der Waals surface area contributed by atoms with Gasteiger partial charge in [-0.15, -0.1) is 0 Å². The second kappa shape index (κ2) is 8.11. The lowest BCUT2D eigenvalue weighted by molar-refractivity contribution is -0.136. The number of aromatic hydroxyl groups is 1. The fourth-order valence-corrected chi connectivity index (χ4v) is 2.94. The lowest BCUT2D eigenvalue weighted by Crippen LogP contribution is -2.46. The molecule has 0 radical (unpaired) electrons. The van der Waals surface area contributed by atoms with Gasteiger partial charge < -0.3 is 25.2 Å². The van der Waals surface area contributed by atoms with Crippen molar-refractivity contribution < 1.29 is 24.2 Å². The van der Waals surface area contributed by atoms with Gasteiger partial charge in [0.05, 0.1) is 25.8 Å². The fraction of sp³-hybridized carbons (Fsp3) is 0.412. The zero-order valence-corrected chi connectivity index (χ0v) is 15.1. The number of carbonyl (C=O) groups is 2. The first-order valence-electron chi connectivity index (χ1n) is 7.88. The number of halogens is 1. The Morgan fingerprint density at radius 1 is 1.36 bits per heavy atom. The second-order valence-electron chi connectivity index (χ2n) is 5.56. The molecule has 0 bridgehead atoms. The molecule has 0 aromatic heterocycles. The van der Waals surface area contributed by atoms with Crippen LogP contribution in [0.15, 0.2) is 23.4 Å². The Bertz CT molecular complexity index is 717. The highest BCUT2D eigenvalue weighted by Crippen LogP contribution is 2.41. The molecule has 1 aliphatic rings. The van der Waals surface area contributed by atoms with Crippen LogP contribution in [0.1, 0.15) is 37.8 Å². The minimum atomic E-state index is -0.902. The summed E-state index contributed by atoms with van der Waals surface area (Å²) < 4.78 is 9.98. The van der Waals surface area contributed by atoms with Crippen molar-refractivity contribution in [2.75, 3.05) is 14.2 Å². The molecule has 136 valence electrons. The molecule has 1 aromatic rings. The topological polar surface area (TPSA) is 96.9 Å². The molecule has 0 saturated heterocycles. The number of urea groups is 1. The van der Waals surface area contributed by atoms with E-state index in [0.29, 0.717) is 17.1 Å². The maximum absolute atomic E-state index is 12.4. The molecule has 1 heterocycles. The normalized spacial score (nSPS) is 17.0. The average molecular weight is 369 g/mol. The van der Waals surface area contributed by atoms with E-state index in [-0.39, 0.29) is 22.6 Å². The van der Waals surface area contributed by atoms with E-state index in [4.69, 9.17) is 21.1 Å². The summed E-state index contributed by atoms with van der Waals surface area (Å²) in [6.07, 6.45) is 2.18. The van der Waals surface area contributed by atoms with Crippen LogP contribution < -0.4 is 15.4 Å². The molecule has 1 atom stereocenters. The molecule has 25 heavy (non-hydrogen) atoms. The van der Waals surface area contributed by atoms with Gasteiger partial charge in [0.2, 0.25) is 0 Å². The minimum absolute atomic E-state index is 0.148. The third-order valence-corrected chi connectivity index (χ3v) is 4.16. The minimum Gasteiger partial charge on any atom is -0.504 e. The molecular weight excluding hydrogens is 348 g/mol. The van der Waals surface area contributed by atoms with Crippen LogP contribution in [0.2, 0.25) is 5.02 Å². The van der Waals surface area contributed by atoms with Crippen molar-refractivity contribution in [1.82, 2.24) is 10.6 Å². The molecule has 0 fully saturated rings. The number of methoxy groups -OCH3 is 2. The molecule has 2 rings (SSSR count). The lowest BCUT2D eigenvalue weighted by atomic mass is 9.92. The Labute approximate surface area is 150 Å². The first-order valence-corrected chi connectivity index (χ1v) is 8.25. The van der Waals surface area contributed by atoms with Gasteiger partial charge in [-0.05, 0) is 18.9 Å². The monoisotopic (exact) mass is 368 g/mol. The van der Waals surface area contributed by atoms with E-state index in [0.717, 1.165) is 12.8 Å². The van der Waals surface area contributed by atoms with Crippen LogP contribution in [-0.4, -0.2) is 31.3 Å². The standard InChI is InChI=1S/C17H21ClN2O5/c1-4-5-6-11-13(16(22)25-3)14(20-17(23)19-11)10-7-9(18)8-12(24-2)15(10)21/h7-8,14,21H,4-6H2,1-3H3,(H2,19,20,23). The van der Waals surface area contributed by atoms with E-state index in [1.807, 2.05) is 6.92 Å². The third-order valence-electron chi connectivity index (χ3n) is 3.94. The summed E-state index contributed by atoms with van der Waals surface area (Å²) in [7, 11) is 2.65. The predicted molar refractivity (Wildman–Crippen MR) is 92.6 cm³/mol. The number of phenolic OH excluding ortho intramolecular Hbond substituents is 1. The highest BCUT2D eigenvalue weighted by molar-refractivity contribution is 6.30. The first kappa shape index (κ1) is 18.9. The van der Waals surface area contributed by atoms with Crippen LogP contribution in [-0.2, 0) is 9.53 Å². The van der Waals surface area contributed by atoms with Crippen molar-refractivity contribution >= 4 is 23.6 Å². The van der Waals surface area contributed by atoms with Crippen LogP contribution in [0.4, 0.5) is 4.79 Å². The number of allylic oxidation sites excluding steroid dienone is 1. The van der Waals surface area contributed by atoms with Gasteiger partial charge >= 0.3 is 12.0 Å². The summed E-state index contributed by atoms with van der Waals surface area (Å²) in [4.78, 5) is 24.4. The molecule has 3 N–H and O–H groups in total. The van der Waals surface area contributed by atoms with Crippen LogP contribution >= 0.6 is 11.6 Å². The molecule has 0 aliphatic carbocycles. The molecule has 1 aromatic carbocycles. The zero-order chi connectivity index (χ0) is 18.6. The molecule has 1 aliphatic heterocycles. The maximum Gasteiger partial charge on any atom is 0.337 e. The second-order valence-corrected chi connectivity index (χ2v) is 6.00. The van der Waals surface area contributed by atoms with Crippen molar-refractivity contribution in [2.45, 2.75) is 32.2 Å². The molecule has 0 spiro atoms. The summed E-state index contributed by atoms with van der Waals surface area (Å²) in [5.41, 5.74) is 0.963. The van der Waals surface area contributed by atoms with E-state index in [9.17, 15) is 14.7 Å². The van der Waals surface area contributed by atoms with Gasteiger partial charge in [0, 0.05) is 22.3 Å². The largest absolute Gasteiger partial charge is 0.504 e. The molecular formula is C17H21ClN2O5. The molecule has 1 unspecified atom stereocenters. The van der Waals surface area contributed by atoms with Gasteiger partial charge in [0.1, 0.15) is 0 Å². The summed E-state index contributed by atoms with van der Waals surface area (Å²) in [5, 5.41) is 16.1. The number of amides is 2. The van der Waals surface area contributed by atoms with Crippen LogP contribution in [0.25, 0.3) is 0 Å². The first-order chi connectivity index (χ1) is 11.9. The number of benzene rings is 1. The van der Waals surface area contributed by atoms with Crippen molar-refractivity contribution in [3.8, 4) is 11.5 Å². The third kappa shape index (κ3) is 3.99. The summed E-state index contributed by atoms with van der Waals surface area (Å²) in [6.45, 7) is 2.01. The van der Waals surface area contributed by atoms with Gasteiger partial charge in [0.15, 0.2) is 11.5 Å². The fourth-order valence-electron chi connectivity index (χ4n) is 2.72. The molecule has 7 nitrogen and oxygen atoms in total. The number of carbonyl (C=O) groups excluding carboxylic acids is 2. The number of rotatable bonds is 6. The molecule has 2 amide bonds. The SMILES string of the molecule is CCCCC1=C(C(=O)OC)C(c2cc(Cl)cc(OC)c2O)NC(=O)N1. The van der Waals surface area contributed by atoms with Gasteiger partial charge in [-0.1, -0.05) is 24.9 Å². The average Bonchev–Trinajstić information content (AvgIpc) is 2.60. The van der Waals surface area contributed by atoms with Crippen molar-refractivity contribution in [1.29, 1.82) is 0 Å². The van der Waals surface area contributed by atoms with Crippen molar-refractivity contribution in [2.24, 2.45) is 0 Å². The number of ether oxygens (including phenoxy) is 2. The highest BCUT2D eigenvalue weighted by Gasteiger charge is 2.35. The number of nitrogens with one attached hydrogen (secondary N) is 2. The Balaban J connectivity index is 2.62. The van der Waals surface area contributed by atoms with Crippen molar-refractivity contribution in [3.63, 3.8) is 0 Å². The predicted octanol–water partition coefficient (Wildman–Crippen LogP) is 3.03. The van der Waals surface area contributed by atoms with Crippen LogP contribution in [0.5, 0.6) is 11.5 Å². The Morgan fingerprint density at radius 2 is 2.08 bits per heavy atom. The summed E-state index contributed by atoms with van der Waals surface area (Å²) >= 11 is 6.09. The lowest BCUT2D eigenvalue weighted by Gasteiger charge is -2.30. The Morgan fingerprint density at radius 3 is 2.68 bits per heavy atom. The molecule has 0 saturated carbocycles. The quantitative estimate of drug-likeness (QED) is 0.670. The molecule has 8 heteroatoms. The van der Waals surface area contributed by atoms with Gasteiger partial charge in [-0.25, -0.2) is 9.59 Å². The highest BCUT2D eigenvalue weighted by atomic mass is 35.5. The number of hydrogen-bond donors (Lipinski definition) is 3. The van der Waals surface area contributed by atoms with E-state index >= 15 is 0 Å². The summed E-state index contributed by atoms with van der Waals surface area (Å²) in [5.74, 6) is -0.646. The number of esters is 1. The number of hydrogen-bond acceptors (Lipinski definition) is 5. The van der Waals surface area contributed by atoms with E-state index < -0.39 is 18.0 Å². The number of phenols is 1.